The Morgan fingerprint density at radius 1 is 1.48 bits per heavy atom. The van der Waals surface area contributed by atoms with Crippen molar-refractivity contribution in [1.82, 2.24) is 0 Å². The third-order valence-corrected chi connectivity index (χ3v) is 5.09. The molecule has 1 aromatic rings. The molecule has 1 aliphatic carbocycles. The fourth-order valence-corrected chi connectivity index (χ4v) is 3.58. The van der Waals surface area contributed by atoms with Gasteiger partial charge in [-0.3, -0.25) is 4.79 Å². The quantitative estimate of drug-likeness (QED) is 0.811. The predicted octanol–water partition coefficient (Wildman–Crippen LogP) is 2.84. The fourth-order valence-electron chi connectivity index (χ4n) is 2.50. The van der Waals surface area contributed by atoms with Crippen LogP contribution in [-0.4, -0.2) is 25.1 Å². The standard InChI is InChI=1S/C15H25N3O2S/c1-4-18(8-10-6-5-7-10)15-12(20-9(2)3)11(16)13(21-15)14(17)19/h9-10H,4-8,16H2,1-3H3,(H2,17,19). The summed E-state index contributed by atoms with van der Waals surface area (Å²) in [5.41, 5.74) is 11.9. The molecule has 5 nitrogen and oxygen atoms in total. The van der Waals surface area contributed by atoms with Crippen molar-refractivity contribution in [2.24, 2.45) is 11.7 Å². The van der Waals surface area contributed by atoms with Gasteiger partial charge in [-0.05, 0) is 39.5 Å². The zero-order valence-corrected chi connectivity index (χ0v) is 13.8. The van der Waals surface area contributed by atoms with E-state index in [1.165, 1.54) is 30.6 Å². The molecule has 0 bridgehead atoms. The van der Waals surface area contributed by atoms with Crippen molar-refractivity contribution in [2.45, 2.75) is 46.1 Å². The van der Waals surface area contributed by atoms with Gasteiger partial charge in [-0.1, -0.05) is 6.42 Å². The first-order valence-corrected chi connectivity index (χ1v) is 8.39. The molecule has 0 unspecified atom stereocenters. The molecule has 21 heavy (non-hydrogen) atoms. The van der Waals surface area contributed by atoms with E-state index in [0.29, 0.717) is 16.3 Å². The summed E-state index contributed by atoms with van der Waals surface area (Å²) in [6, 6.07) is 0. The number of hydrogen-bond donors (Lipinski definition) is 2. The lowest BCUT2D eigenvalue weighted by Crippen LogP contribution is -2.32. The van der Waals surface area contributed by atoms with Crippen molar-refractivity contribution in [1.29, 1.82) is 0 Å². The molecule has 0 spiro atoms. The Labute approximate surface area is 130 Å². The van der Waals surface area contributed by atoms with Crippen LogP contribution in [-0.2, 0) is 0 Å². The molecule has 1 fully saturated rings. The van der Waals surface area contributed by atoms with Crippen LogP contribution >= 0.6 is 11.3 Å². The number of hydrogen-bond acceptors (Lipinski definition) is 5. The Bertz CT molecular complexity index is 509. The maximum atomic E-state index is 11.6. The maximum absolute atomic E-state index is 11.6. The van der Waals surface area contributed by atoms with Gasteiger partial charge in [-0.15, -0.1) is 11.3 Å². The van der Waals surface area contributed by atoms with Gasteiger partial charge in [0, 0.05) is 13.1 Å². The van der Waals surface area contributed by atoms with E-state index in [1.807, 2.05) is 13.8 Å². The van der Waals surface area contributed by atoms with Gasteiger partial charge in [0.2, 0.25) is 0 Å². The van der Waals surface area contributed by atoms with E-state index in [-0.39, 0.29) is 6.10 Å². The summed E-state index contributed by atoms with van der Waals surface area (Å²) in [4.78, 5) is 14.2. The summed E-state index contributed by atoms with van der Waals surface area (Å²) < 4.78 is 5.86. The summed E-state index contributed by atoms with van der Waals surface area (Å²) >= 11 is 1.35. The second-order valence-corrected chi connectivity index (χ2v) is 6.84. The zero-order chi connectivity index (χ0) is 15.6. The molecule has 1 aromatic heterocycles. The van der Waals surface area contributed by atoms with Crippen LogP contribution in [0.25, 0.3) is 0 Å². The number of rotatable bonds is 7. The molecule has 118 valence electrons. The van der Waals surface area contributed by atoms with Crippen LogP contribution in [0.5, 0.6) is 5.75 Å². The number of carbonyl (C=O) groups is 1. The number of amides is 1. The van der Waals surface area contributed by atoms with Crippen LogP contribution in [0.3, 0.4) is 0 Å². The Balaban J connectivity index is 2.33. The van der Waals surface area contributed by atoms with Crippen LogP contribution in [0.1, 0.15) is 49.7 Å². The monoisotopic (exact) mass is 311 g/mol. The minimum atomic E-state index is -0.489. The molecule has 0 aromatic carbocycles. The van der Waals surface area contributed by atoms with Crippen molar-refractivity contribution >= 4 is 27.9 Å². The van der Waals surface area contributed by atoms with Crippen molar-refractivity contribution in [2.75, 3.05) is 23.7 Å². The van der Waals surface area contributed by atoms with Crippen LogP contribution in [0.4, 0.5) is 10.7 Å². The molecule has 0 saturated heterocycles. The van der Waals surface area contributed by atoms with Gasteiger partial charge in [0.15, 0.2) is 5.75 Å². The Hall–Kier alpha value is -1.43. The van der Waals surface area contributed by atoms with Crippen LogP contribution < -0.4 is 21.1 Å². The van der Waals surface area contributed by atoms with Gasteiger partial charge in [0.1, 0.15) is 15.6 Å². The summed E-state index contributed by atoms with van der Waals surface area (Å²) in [7, 11) is 0. The number of carbonyl (C=O) groups excluding carboxylic acids is 1. The second-order valence-electron chi connectivity index (χ2n) is 5.85. The largest absolute Gasteiger partial charge is 0.486 e. The topological polar surface area (TPSA) is 81.6 Å². The lowest BCUT2D eigenvalue weighted by atomic mass is 9.85. The van der Waals surface area contributed by atoms with Crippen molar-refractivity contribution in [3.05, 3.63) is 4.88 Å². The molecule has 1 aliphatic rings. The molecule has 1 amide bonds. The number of nitrogens with two attached hydrogens (primary N) is 2. The summed E-state index contributed by atoms with van der Waals surface area (Å²) in [6.45, 7) is 7.87. The Kier molecular flexibility index (Phi) is 4.98. The molecule has 6 heteroatoms. The predicted molar refractivity (Wildman–Crippen MR) is 88.2 cm³/mol. The van der Waals surface area contributed by atoms with E-state index < -0.39 is 5.91 Å². The minimum absolute atomic E-state index is 0.00351. The highest BCUT2D eigenvalue weighted by Crippen LogP contribution is 2.46. The number of ether oxygens (including phenoxy) is 1. The van der Waals surface area contributed by atoms with Crippen LogP contribution in [0.15, 0.2) is 0 Å². The zero-order valence-electron chi connectivity index (χ0n) is 13.0. The lowest BCUT2D eigenvalue weighted by molar-refractivity contribution is 0.100. The maximum Gasteiger partial charge on any atom is 0.261 e. The van der Waals surface area contributed by atoms with Gasteiger partial charge in [-0.25, -0.2) is 0 Å². The molecule has 1 heterocycles. The number of thiophene rings is 1. The summed E-state index contributed by atoms with van der Waals surface area (Å²) in [5.74, 6) is 0.860. The highest BCUT2D eigenvalue weighted by Gasteiger charge is 2.27. The van der Waals surface area contributed by atoms with Gasteiger partial charge in [0.05, 0.1) is 6.10 Å². The highest BCUT2D eigenvalue weighted by atomic mass is 32.1. The van der Waals surface area contributed by atoms with E-state index in [9.17, 15) is 4.79 Å². The minimum Gasteiger partial charge on any atom is -0.486 e. The van der Waals surface area contributed by atoms with Gasteiger partial charge >= 0.3 is 0 Å². The van der Waals surface area contributed by atoms with E-state index in [4.69, 9.17) is 16.2 Å². The normalized spacial score (nSPS) is 15.0. The number of anilines is 2. The van der Waals surface area contributed by atoms with Crippen molar-refractivity contribution in [3.8, 4) is 5.75 Å². The number of nitrogen functional groups attached to an aromatic ring is 1. The number of primary amides is 1. The SMILES string of the molecule is CCN(CC1CCC1)c1sc(C(N)=O)c(N)c1OC(C)C. The average Bonchev–Trinajstić information content (AvgIpc) is 2.66. The van der Waals surface area contributed by atoms with Crippen molar-refractivity contribution in [3.63, 3.8) is 0 Å². The summed E-state index contributed by atoms with van der Waals surface area (Å²) in [5, 5.41) is 0.935. The Morgan fingerprint density at radius 3 is 2.57 bits per heavy atom. The van der Waals surface area contributed by atoms with Crippen LogP contribution in [0.2, 0.25) is 0 Å². The molecule has 0 radical (unpaired) electrons. The van der Waals surface area contributed by atoms with Gasteiger partial charge < -0.3 is 21.1 Å². The second kappa shape index (κ2) is 6.56. The fraction of sp³-hybridized carbons (Fsp3) is 0.667. The van der Waals surface area contributed by atoms with Gasteiger partial charge in [-0.2, -0.15) is 0 Å². The van der Waals surface area contributed by atoms with Crippen molar-refractivity contribution < 1.29 is 9.53 Å². The molecular formula is C15H25N3O2S. The smallest absolute Gasteiger partial charge is 0.261 e. The molecule has 4 N–H and O–H groups in total. The summed E-state index contributed by atoms with van der Waals surface area (Å²) in [6.07, 6.45) is 3.88. The number of nitrogens with zero attached hydrogens (tertiary/aromatic N) is 1. The first-order valence-electron chi connectivity index (χ1n) is 7.57. The highest BCUT2D eigenvalue weighted by molar-refractivity contribution is 7.19. The first kappa shape index (κ1) is 15.9. The lowest BCUT2D eigenvalue weighted by Gasteiger charge is -2.32. The third-order valence-electron chi connectivity index (χ3n) is 3.83. The molecule has 1 saturated carbocycles. The average molecular weight is 311 g/mol. The van der Waals surface area contributed by atoms with E-state index in [2.05, 4.69) is 11.8 Å². The molecule has 0 aliphatic heterocycles. The molecule has 2 rings (SSSR count). The van der Waals surface area contributed by atoms with E-state index in [0.717, 1.165) is 24.0 Å². The van der Waals surface area contributed by atoms with E-state index in [1.54, 1.807) is 0 Å². The third kappa shape index (κ3) is 3.43. The molecule has 0 atom stereocenters. The van der Waals surface area contributed by atoms with Crippen LogP contribution in [0, 0.1) is 5.92 Å². The first-order chi connectivity index (χ1) is 9.93. The molecular weight excluding hydrogens is 286 g/mol. The van der Waals surface area contributed by atoms with Gasteiger partial charge in [0.25, 0.3) is 5.91 Å². The Morgan fingerprint density at radius 2 is 2.14 bits per heavy atom. The van der Waals surface area contributed by atoms with E-state index >= 15 is 0 Å².